The van der Waals surface area contributed by atoms with E-state index in [-0.39, 0.29) is 0 Å². The van der Waals surface area contributed by atoms with E-state index in [2.05, 4.69) is 73.7 Å². The fourth-order valence-electron chi connectivity index (χ4n) is 3.31. The summed E-state index contributed by atoms with van der Waals surface area (Å²) >= 11 is 0. The van der Waals surface area contributed by atoms with Gasteiger partial charge < -0.3 is 0 Å². The Bertz CT molecular complexity index is 812. The van der Waals surface area contributed by atoms with Gasteiger partial charge in [0.15, 0.2) is 0 Å². The minimum atomic E-state index is 1.01. The number of aryl methyl sites for hydroxylation is 1. The minimum Gasteiger partial charge on any atom is -0.0620 e. The predicted molar refractivity (Wildman–Crippen MR) is 88.3 cm³/mol. The van der Waals surface area contributed by atoms with Crippen molar-refractivity contribution in [1.82, 2.24) is 0 Å². The predicted octanol–water partition coefficient (Wildman–Crippen LogP) is 5.29. The zero-order valence-corrected chi connectivity index (χ0v) is 12.2. The maximum atomic E-state index is 3.66. The first kappa shape index (κ1) is 12.4. The minimum absolute atomic E-state index is 1.01. The molecule has 0 spiro atoms. The molecule has 1 aliphatic rings. The second kappa shape index (κ2) is 4.89. The van der Waals surface area contributed by atoms with Gasteiger partial charge in [0.25, 0.3) is 0 Å². The summed E-state index contributed by atoms with van der Waals surface area (Å²) in [6, 6.07) is 25.5. The van der Waals surface area contributed by atoms with Gasteiger partial charge in [-0.25, -0.2) is 0 Å². The summed E-state index contributed by atoms with van der Waals surface area (Å²) in [6.45, 7) is 2.21. The maximum absolute atomic E-state index is 3.66. The van der Waals surface area contributed by atoms with E-state index >= 15 is 0 Å². The largest absolute Gasteiger partial charge is 0.0620 e. The van der Waals surface area contributed by atoms with E-state index in [1.165, 1.54) is 38.9 Å². The first-order valence-electron chi connectivity index (χ1n) is 7.58. The fraction of sp³-hybridized carbons (Fsp3) is 0.143. The first-order chi connectivity index (χ1) is 10.4. The van der Waals surface area contributed by atoms with Crippen LogP contribution >= 0.6 is 0 Å². The van der Waals surface area contributed by atoms with Gasteiger partial charge in [0.2, 0.25) is 0 Å². The van der Waals surface area contributed by atoms with Crippen LogP contribution < -0.4 is 0 Å². The lowest BCUT2D eigenvalue weighted by Gasteiger charge is -2.09. The molecule has 0 atom stereocenters. The molecule has 1 aliphatic carbocycles. The smallest absolute Gasteiger partial charge is 0.000706 e. The Balaban J connectivity index is 1.83. The summed E-state index contributed by atoms with van der Waals surface area (Å²) in [5.41, 5.74) is 9.41. The lowest BCUT2D eigenvalue weighted by atomic mass is 9.95. The topological polar surface area (TPSA) is 0 Å². The van der Waals surface area contributed by atoms with Crippen molar-refractivity contribution >= 4 is 0 Å². The van der Waals surface area contributed by atoms with Crippen LogP contribution in [0.25, 0.3) is 22.3 Å². The van der Waals surface area contributed by atoms with Crippen LogP contribution in [0.15, 0.2) is 60.7 Å². The average Bonchev–Trinajstić information content (AvgIpc) is 2.92. The van der Waals surface area contributed by atoms with Gasteiger partial charge in [0, 0.05) is 0 Å². The number of fused-ring (bicyclic) bond motifs is 3. The summed E-state index contributed by atoms with van der Waals surface area (Å²) in [6.07, 6.45) is 2.06. The van der Waals surface area contributed by atoms with Crippen LogP contribution in [0, 0.1) is 6.07 Å². The van der Waals surface area contributed by atoms with Crippen molar-refractivity contribution in [3.05, 3.63) is 83.4 Å². The second-order valence-corrected chi connectivity index (χ2v) is 5.61. The lowest BCUT2D eigenvalue weighted by Crippen LogP contribution is -1.89. The van der Waals surface area contributed by atoms with Gasteiger partial charge in [-0.05, 0) is 57.9 Å². The van der Waals surface area contributed by atoms with Crippen LogP contribution in [-0.2, 0) is 12.8 Å². The Kier molecular flexibility index (Phi) is 2.89. The van der Waals surface area contributed by atoms with Crippen molar-refractivity contribution in [2.24, 2.45) is 0 Å². The Morgan fingerprint density at radius 2 is 1.57 bits per heavy atom. The highest BCUT2D eigenvalue weighted by atomic mass is 14.2. The molecule has 0 amide bonds. The monoisotopic (exact) mass is 269 g/mol. The van der Waals surface area contributed by atoms with Crippen molar-refractivity contribution in [3.63, 3.8) is 0 Å². The zero-order valence-electron chi connectivity index (χ0n) is 12.2. The third-order valence-electron chi connectivity index (χ3n) is 4.39. The molecule has 0 bridgehead atoms. The highest BCUT2D eigenvalue weighted by Gasteiger charge is 2.18. The van der Waals surface area contributed by atoms with Crippen molar-refractivity contribution < 1.29 is 0 Å². The van der Waals surface area contributed by atoms with Crippen LogP contribution in [-0.4, -0.2) is 0 Å². The molecule has 0 nitrogen and oxygen atoms in total. The molecular formula is C21H17. The number of benzene rings is 3. The molecule has 0 heteroatoms. The summed E-state index contributed by atoms with van der Waals surface area (Å²) in [7, 11) is 0. The van der Waals surface area contributed by atoms with Crippen LogP contribution in [0.2, 0.25) is 0 Å². The number of rotatable bonds is 2. The molecule has 3 aromatic rings. The molecule has 1 radical (unpaired) electrons. The van der Waals surface area contributed by atoms with Crippen molar-refractivity contribution in [2.75, 3.05) is 0 Å². The molecule has 0 aromatic heterocycles. The Morgan fingerprint density at radius 3 is 2.43 bits per heavy atom. The Hall–Kier alpha value is -2.34. The lowest BCUT2D eigenvalue weighted by molar-refractivity contribution is 1.14. The molecule has 0 N–H and O–H groups in total. The van der Waals surface area contributed by atoms with Gasteiger partial charge in [-0.1, -0.05) is 67.6 Å². The van der Waals surface area contributed by atoms with Gasteiger partial charge in [-0.2, -0.15) is 0 Å². The van der Waals surface area contributed by atoms with Gasteiger partial charge in [0.05, 0.1) is 0 Å². The molecule has 0 heterocycles. The van der Waals surface area contributed by atoms with E-state index in [9.17, 15) is 0 Å². The van der Waals surface area contributed by atoms with Crippen LogP contribution in [0.3, 0.4) is 0 Å². The molecule has 21 heavy (non-hydrogen) atoms. The van der Waals surface area contributed by atoms with E-state index in [0.29, 0.717) is 0 Å². The van der Waals surface area contributed by atoms with Gasteiger partial charge >= 0.3 is 0 Å². The van der Waals surface area contributed by atoms with E-state index in [0.717, 1.165) is 12.8 Å². The van der Waals surface area contributed by atoms with Crippen molar-refractivity contribution in [1.29, 1.82) is 0 Å². The third kappa shape index (κ3) is 1.99. The molecule has 0 unspecified atom stereocenters. The highest BCUT2D eigenvalue weighted by Crippen LogP contribution is 2.38. The van der Waals surface area contributed by atoms with Crippen molar-refractivity contribution in [2.45, 2.75) is 19.8 Å². The average molecular weight is 269 g/mol. The molecule has 4 rings (SSSR count). The number of hydrogen-bond acceptors (Lipinski definition) is 0. The second-order valence-electron chi connectivity index (χ2n) is 5.61. The van der Waals surface area contributed by atoms with Gasteiger partial charge in [0.1, 0.15) is 0 Å². The van der Waals surface area contributed by atoms with E-state index in [1.54, 1.807) is 0 Å². The zero-order chi connectivity index (χ0) is 14.2. The highest BCUT2D eigenvalue weighted by molar-refractivity contribution is 5.80. The quantitative estimate of drug-likeness (QED) is 0.464. The van der Waals surface area contributed by atoms with Crippen molar-refractivity contribution in [3.8, 4) is 22.3 Å². The fourth-order valence-corrected chi connectivity index (χ4v) is 3.31. The summed E-state index contributed by atoms with van der Waals surface area (Å²) < 4.78 is 0. The SMILES string of the molecule is CCc1ccccc1-c1[c]c2c(cc1)-c1ccccc1C2. The van der Waals surface area contributed by atoms with Crippen LogP contribution in [0.4, 0.5) is 0 Å². The van der Waals surface area contributed by atoms with Crippen LogP contribution in [0.5, 0.6) is 0 Å². The first-order valence-corrected chi connectivity index (χ1v) is 7.58. The van der Waals surface area contributed by atoms with Gasteiger partial charge in [-0.15, -0.1) is 0 Å². The van der Waals surface area contributed by atoms with E-state index in [1.807, 2.05) is 0 Å². The molecule has 0 aliphatic heterocycles. The maximum Gasteiger partial charge on any atom is -0.000706 e. The third-order valence-corrected chi connectivity index (χ3v) is 4.39. The molecule has 0 saturated heterocycles. The number of hydrogen-bond donors (Lipinski definition) is 0. The Labute approximate surface area is 126 Å². The Morgan fingerprint density at radius 1 is 0.810 bits per heavy atom. The van der Waals surface area contributed by atoms with E-state index in [4.69, 9.17) is 0 Å². The normalized spacial score (nSPS) is 12.0. The summed E-state index contributed by atoms with van der Waals surface area (Å²) in [4.78, 5) is 0. The van der Waals surface area contributed by atoms with Crippen LogP contribution in [0.1, 0.15) is 23.6 Å². The standard InChI is InChI=1S/C21H17/c1-2-15-7-3-5-9-19(15)17-11-12-21-18(14-17)13-16-8-4-6-10-20(16)21/h3-12H,2,13H2,1H3. The van der Waals surface area contributed by atoms with Gasteiger partial charge in [-0.3, -0.25) is 0 Å². The molecule has 0 saturated carbocycles. The molecule has 3 aromatic carbocycles. The molecule has 0 fully saturated rings. The molecular weight excluding hydrogens is 252 g/mol. The summed E-state index contributed by atoms with van der Waals surface area (Å²) in [5.74, 6) is 0. The summed E-state index contributed by atoms with van der Waals surface area (Å²) in [5, 5.41) is 0. The van der Waals surface area contributed by atoms with E-state index < -0.39 is 0 Å². The molecule has 101 valence electrons.